The molecule has 1 heterocycles. The second-order valence-electron chi connectivity index (χ2n) is 3.66. The number of rotatable bonds is 5. The number of aromatic amines is 1. The van der Waals surface area contributed by atoms with Crippen LogP contribution in [0.15, 0.2) is 47.5 Å². The molecule has 100 valence electrons. The molecule has 0 aliphatic carbocycles. The van der Waals surface area contributed by atoms with Crippen LogP contribution in [0.5, 0.6) is 0 Å². The smallest absolute Gasteiger partial charge is 0.241 e. The van der Waals surface area contributed by atoms with E-state index in [4.69, 9.17) is 0 Å². The number of aromatic nitrogens is 2. The zero-order chi connectivity index (χ0) is 13.7. The van der Waals surface area contributed by atoms with Gasteiger partial charge in [-0.2, -0.15) is 5.10 Å². The van der Waals surface area contributed by atoms with Gasteiger partial charge < -0.3 is 5.32 Å². The number of nitrogens with one attached hydrogen (secondary N) is 3. The molecule has 0 unspecified atom stereocenters. The Morgan fingerprint density at radius 1 is 1.21 bits per heavy atom. The lowest BCUT2D eigenvalue weighted by Gasteiger charge is -2.06. The maximum absolute atomic E-state index is 11.8. The molecule has 7 nitrogen and oxygen atoms in total. The van der Waals surface area contributed by atoms with E-state index >= 15 is 0 Å². The van der Waals surface area contributed by atoms with Crippen molar-refractivity contribution in [1.82, 2.24) is 14.9 Å². The van der Waals surface area contributed by atoms with E-state index in [0.29, 0.717) is 5.82 Å². The standard InChI is InChI=1S/C11H12N4O3S/c16-11(14-10-6-7-12-15-10)8-13-19(17,18)9-4-2-1-3-5-9/h1-7,13H,8H2,(H2,12,14,15,16). The normalized spacial score (nSPS) is 11.2. The van der Waals surface area contributed by atoms with E-state index in [1.54, 1.807) is 24.3 Å². The fourth-order valence-electron chi connectivity index (χ4n) is 1.36. The molecule has 0 radical (unpaired) electrons. The zero-order valence-electron chi connectivity index (χ0n) is 9.83. The summed E-state index contributed by atoms with van der Waals surface area (Å²) < 4.78 is 25.9. The third-order valence-corrected chi connectivity index (χ3v) is 3.67. The summed E-state index contributed by atoms with van der Waals surface area (Å²) in [7, 11) is -3.67. The number of anilines is 1. The second kappa shape index (κ2) is 5.63. The van der Waals surface area contributed by atoms with Crippen molar-refractivity contribution in [2.75, 3.05) is 11.9 Å². The van der Waals surface area contributed by atoms with Gasteiger partial charge in [-0.05, 0) is 12.1 Å². The lowest BCUT2D eigenvalue weighted by molar-refractivity contribution is -0.115. The number of carbonyl (C=O) groups excluding carboxylic acids is 1. The minimum Gasteiger partial charge on any atom is -0.310 e. The summed E-state index contributed by atoms with van der Waals surface area (Å²) in [5.74, 6) is -0.0762. The minimum atomic E-state index is -3.67. The first-order valence-electron chi connectivity index (χ1n) is 5.42. The Balaban J connectivity index is 1.93. The van der Waals surface area contributed by atoms with Gasteiger partial charge in [-0.15, -0.1) is 0 Å². The Hall–Kier alpha value is -2.19. The Kier molecular flexibility index (Phi) is 3.93. The van der Waals surface area contributed by atoms with Crippen LogP contribution >= 0.6 is 0 Å². The number of hydrogen-bond acceptors (Lipinski definition) is 4. The molecule has 0 atom stereocenters. The monoisotopic (exact) mass is 280 g/mol. The summed E-state index contributed by atoms with van der Waals surface area (Å²) >= 11 is 0. The Bertz CT molecular complexity index is 638. The van der Waals surface area contributed by atoms with Crippen molar-refractivity contribution in [2.24, 2.45) is 0 Å². The van der Waals surface area contributed by atoms with Gasteiger partial charge in [-0.25, -0.2) is 13.1 Å². The summed E-state index contributed by atoms with van der Waals surface area (Å²) in [5.41, 5.74) is 0. The molecule has 0 aliphatic rings. The predicted molar refractivity (Wildman–Crippen MR) is 68.8 cm³/mol. The largest absolute Gasteiger partial charge is 0.310 e. The molecule has 2 aromatic rings. The topological polar surface area (TPSA) is 104 Å². The van der Waals surface area contributed by atoms with Crippen LogP contribution in [0, 0.1) is 0 Å². The first-order chi connectivity index (χ1) is 9.08. The molecule has 0 bridgehead atoms. The van der Waals surface area contributed by atoms with Crippen molar-refractivity contribution in [3.63, 3.8) is 0 Å². The van der Waals surface area contributed by atoms with Gasteiger partial charge in [0, 0.05) is 6.07 Å². The minimum absolute atomic E-state index is 0.115. The van der Waals surface area contributed by atoms with E-state index in [0.717, 1.165) is 0 Å². The SMILES string of the molecule is O=C(CNS(=O)(=O)c1ccccc1)Nc1ccn[nH]1. The van der Waals surface area contributed by atoms with E-state index in [9.17, 15) is 13.2 Å². The molecule has 0 aliphatic heterocycles. The maximum Gasteiger partial charge on any atom is 0.241 e. The quantitative estimate of drug-likeness (QED) is 0.734. The number of amides is 1. The lowest BCUT2D eigenvalue weighted by Crippen LogP contribution is -2.32. The number of H-pyrrole nitrogens is 1. The van der Waals surface area contributed by atoms with Crippen molar-refractivity contribution in [1.29, 1.82) is 0 Å². The van der Waals surface area contributed by atoms with Crippen LogP contribution in [0.25, 0.3) is 0 Å². The van der Waals surface area contributed by atoms with Crippen molar-refractivity contribution in [3.8, 4) is 0 Å². The zero-order valence-corrected chi connectivity index (χ0v) is 10.6. The third kappa shape index (κ3) is 3.63. The van der Waals surface area contributed by atoms with Crippen LogP contribution in [-0.2, 0) is 14.8 Å². The van der Waals surface area contributed by atoms with Crippen LogP contribution in [-0.4, -0.2) is 31.1 Å². The molecule has 0 spiro atoms. The van der Waals surface area contributed by atoms with E-state index in [1.807, 2.05) is 0 Å². The number of hydrogen-bond donors (Lipinski definition) is 3. The molecule has 3 N–H and O–H groups in total. The van der Waals surface area contributed by atoms with E-state index in [-0.39, 0.29) is 11.4 Å². The highest BCUT2D eigenvalue weighted by molar-refractivity contribution is 7.89. The Morgan fingerprint density at radius 3 is 2.58 bits per heavy atom. The summed E-state index contributed by atoms with van der Waals surface area (Å²) in [6.45, 7) is -0.351. The summed E-state index contributed by atoms with van der Waals surface area (Å²) in [6.07, 6.45) is 1.48. The summed E-state index contributed by atoms with van der Waals surface area (Å²) in [4.78, 5) is 11.6. The van der Waals surface area contributed by atoms with E-state index in [2.05, 4.69) is 20.2 Å². The molecule has 1 aromatic carbocycles. The van der Waals surface area contributed by atoms with Crippen molar-refractivity contribution < 1.29 is 13.2 Å². The molecule has 2 rings (SSSR count). The number of benzene rings is 1. The van der Waals surface area contributed by atoms with Crippen LogP contribution in [0.2, 0.25) is 0 Å². The molecule has 0 fully saturated rings. The Labute approximate surface area is 110 Å². The highest BCUT2D eigenvalue weighted by Gasteiger charge is 2.14. The fourth-order valence-corrected chi connectivity index (χ4v) is 2.37. The highest BCUT2D eigenvalue weighted by atomic mass is 32.2. The van der Waals surface area contributed by atoms with Gasteiger partial charge in [0.15, 0.2) is 0 Å². The maximum atomic E-state index is 11.8. The highest BCUT2D eigenvalue weighted by Crippen LogP contribution is 2.06. The van der Waals surface area contributed by atoms with Crippen molar-refractivity contribution in [3.05, 3.63) is 42.6 Å². The number of nitrogens with zero attached hydrogens (tertiary/aromatic N) is 1. The average Bonchev–Trinajstić information content (AvgIpc) is 2.90. The molecule has 0 saturated carbocycles. The summed E-state index contributed by atoms with van der Waals surface area (Å²) in [6, 6.07) is 9.40. The van der Waals surface area contributed by atoms with Crippen LogP contribution < -0.4 is 10.0 Å². The van der Waals surface area contributed by atoms with Gasteiger partial charge in [0.2, 0.25) is 15.9 Å². The fraction of sp³-hybridized carbons (Fsp3) is 0.0909. The predicted octanol–water partition coefficient (Wildman–Crippen LogP) is 0.327. The third-order valence-electron chi connectivity index (χ3n) is 2.25. The van der Waals surface area contributed by atoms with E-state index in [1.165, 1.54) is 18.3 Å². The van der Waals surface area contributed by atoms with Gasteiger partial charge in [-0.1, -0.05) is 18.2 Å². The van der Waals surface area contributed by atoms with Gasteiger partial charge in [0.25, 0.3) is 0 Å². The van der Waals surface area contributed by atoms with Crippen molar-refractivity contribution in [2.45, 2.75) is 4.90 Å². The summed E-state index contributed by atoms with van der Waals surface area (Å²) in [5, 5.41) is 8.65. The Morgan fingerprint density at radius 2 is 1.95 bits per heavy atom. The molecule has 19 heavy (non-hydrogen) atoms. The first kappa shape index (κ1) is 13.2. The number of carbonyl (C=O) groups is 1. The van der Waals surface area contributed by atoms with Gasteiger partial charge in [0.1, 0.15) is 5.82 Å². The van der Waals surface area contributed by atoms with E-state index < -0.39 is 15.9 Å². The second-order valence-corrected chi connectivity index (χ2v) is 5.42. The van der Waals surface area contributed by atoms with Crippen molar-refractivity contribution >= 4 is 21.7 Å². The molecule has 0 saturated heterocycles. The lowest BCUT2D eigenvalue weighted by atomic mass is 10.4. The molecule has 8 heteroatoms. The molecule has 1 aromatic heterocycles. The van der Waals surface area contributed by atoms with Gasteiger partial charge >= 0.3 is 0 Å². The van der Waals surface area contributed by atoms with Crippen LogP contribution in [0.4, 0.5) is 5.82 Å². The number of sulfonamides is 1. The molecule has 1 amide bonds. The van der Waals surface area contributed by atoms with Gasteiger partial charge in [0.05, 0.1) is 17.6 Å². The molecular formula is C11H12N4O3S. The van der Waals surface area contributed by atoms with Gasteiger partial charge in [-0.3, -0.25) is 9.89 Å². The average molecular weight is 280 g/mol. The first-order valence-corrected chi connectivity index (χ1v) is 6.90. The van der Waals surface area contributed by atoms with Crippen LogP contribution in [0.1, 0.15) is 0 Å². The molecular weight excluding hydrogens is 268 g/mol. The van der Waals surface area contributed by atoms with Crippen LogP contribution in [0.3, 0.4) is 0 Å².